The second kappa shape index (κ2) is 6.75. The molecule has 0 aliphatic rings. The summed E-state index contributed by atoms with van der Waals surface area (Å²) < 4.78 is 11.4. The SMILES string of the molecule is CCOC(=O)c1cc(C(=O)Nc2ccccc2OC)nn1C. The van der Waals surface area contributed by atoms with Crippen molar-refractivity contribution in [1.82, 2.24) is 9.78 Å². The number of amides is 1. The zero-order valence-corrected chi connectivity index (χ0v) is 12.6. The second-order valence-electron chi connectivity index (χ2n) is 4.41. The Morgan fingerprint density at radius 1 is 1.32 bits per heavy atom. The maximum atomic E-state index is 12.2. The Morgan fingerprint density at radius 3 is 2.73 bits per heavy atom. The van der Waals surface area contributed by atoms with E-state index in [2.05, 4.69) is 10.4 Å². The highest BCUT2D eigenvalue weighted by Crippen LogP contribution is 2.23. The molecule has 0 atom stereocenters. The van der Waals surface area contributed by atoms with E-state index < -0.39 is 11.9 Å². The lowest BCUT2D eigenvalue weighted by Crippen LogP contribution is -2.13. The summed E-state index contributed by atoms with van der Waals surface area (Å²) in [6.07, 6.45) is 0. The topological polar surface area (TPSA) is 82.5 Å². The summed E-state index contributed by atoms with van der Waals surface area (Å²) in [5.41, 5.74) is 0.863. The van der Waals surface area contributed by atoms with Gasteiger partial charge in [-0.15, -0.1) is 0 Å². The van der Waals surface area contributed by atoms with Crippen molar-refractivity contribution >= 4 is 17.6 Å². The van der Waals surface area contributed by atoms with Crippen molar-refractivity contribution in [3.05, 3.63) is 41.7 Å². The molecule has 2 rings (SSSR count). The van der Waals surface area contributed by atoms with E-state index in [1.165, 1.54) is 17.9 Å². The van der Waals surface area contributed by atoms with Crippen LogP contribution in [0.4, 0.5) is 5.69 Å². The number of esters is 1. The molecule has 0 aliphatic carbocycles. The minimum absolute atomic E-state index is 0.122. The molecule has 0 bridgehead atoms. The van der Waals surface area contributed by atoms with E-state index in [0.717, 1.165) is 0 Å². The van der Waals surface area contributed by atoms with Crippen molar-refractivity contribution in [2.24, 2.45) is 7.05 Å². The molecule has 0 unspecified atom stereocenters. The Bertz CT molecular complexity index is 694. The Balaban J connectivity index is 2.20. The maximum Gasteiger partial charge on any atom is 0.356 e. The summed E-state index contributed by atoms with van der Waals surface area (Å²) in [6, 6.07) is 8.42. The number of hydrogen-bond acceptors (Lipinski definition) is 5. The van der Waals surface area contributed by atoms with E-state index in [9.17, 15) is 9.59 Å². The predicted octanol–water partition coefficient (Wildman–Crippen LogP) is 1.86. The number of nitrogens with one attached hydrogen (secondary N) is 1. The molecule has 1 N–H and O–H groups in total. The molecule has 7 heteroatoms. The average Bonchev–Trinajstić information content (AvgIpc) is 2.90. The summed E-state index contributed by atoms with van der Waals surface area (Å²) in [6.45, 7) is 1.97. The highest BCUT2D eigenvalue weighted by atomic mass is 16.5. The molecular weight excluding hydrogens is 286 g/mol. The lowest BCUT2D eigenvalue weighted by atomic mass is 10.2. The molecule has 22 heavy (non-hydrogen) atoms. The number of benzene rings is 1. The zero-order chi connectivity index (χ0) is 16.1. The number of carbonyl (C=O) groups is 2. The Morgan fingerprint density at radius 2 is 2.05 bits per heavy atom. The van der Waals surface area contributed by atoms with Gasteiger partial charge in [0, 0.05) is 13.1 Å². The summed E-state index contributed by atoms with van der Waals surface area (Å²) in [7, 11) is 3.09. The van der Waals surface area contributed by atoms with Crippen LogP contribution in [0.1, 0.15) is 27.9 Å². The number of carbonyl (C=O) groups excluding carboxylic acids is 2. The molecule has 0 radical (unpaired) electrons. The Labute approximate surface area is 127 Å². The van der Waals surface area contributed by atoms with Gasteiger partial charge in [-0.2, -0.15) is 5.10 Å². The molecule has 1 heterocycles. The van der Waals surface area contributed by atoms with Gasteiger partial charge in [0.05, 0.1) is 19.4 Å². The standard InChI is InChI=1S/C15H17N3O4/c1-4-22-15(20)12-9-11(17-18(12)2)14(19)16-10-7-5-6-8-13(10)21-3/h5-9H,4H2,1-3H3,(H,16,19). The number of para-hydroxylation sites is 2. The number of nitrogens with zero attached hydrogens (tertiary/aromatic N) is 2. The van der Waals surface area contributed by atoms with Gasteiger partial charge in [-0.3, -0.25) is 9.48 Å². The number of ether oxygens (including phenoxy) is 2. The van der Waals surface area contributed by atoms with E-state index in [1.807, 2.05) is 0 Å². The summed E-state index contributed by atoms with van der Waals surface area (Å²) in [5, 5.41) is 6.73. The van der Waals surface area contributed by atoms with Crippen LogP contribution in [0.25, 0.3) is 0 Å². The van der Waals surface area contributed by atoms with Gasteiger partial charge in [0.15, 0.2) is 5.69 Å². The molecule has 7 nitrogen and oxygen atoms in total. The van der Waals surface area contributed by atoms with Crippen LogP contribution in [0.15, 0.2) is 30.3 Å². The normalized spacial score (nSPS) is 10.1. The largest absolute Gasteiger partial charge is 0.495 e. The van der Waals surface area contributed by atoms with Crippen LogP contribution in [0.2, 0.25) is 0 Å². The van der Waals surface area contributed by atoms with Gasteiger partial charge in [0.1, 0.15) is 11.4 Å². The van der Waals surface area contributed by atoms with Crippen molar-refractivity contribution in [2.75, 3.05) is 19.0 Å². The molecule has 1 aromatic heterocycles. The van der Waals surface area contributed by atoms with Crippen LogP contribution in [0, 0.1) is 0 Å². The van der Waals surface area contributed by atoms with Crippen molar-refractivity contribution in [2.45, 2.75) is 6.92 Å². The van der Waals surface area contributed by atoms with E-state index in [4.69, 9.17) is 9.47 Å². The van der Waals surface area contributed by atoms with Crippen LogP contribution < -0.4 is 10.1 Å². The Hall–Kier alpha value is -2.83. The molecule has 116 valence electrons. The van der Waals surface area contributed by atoms with E-state index in [0.29, 0.717) is 11.4 Å². The molecule has 2 aromatic rings. The second-order valence-corrected chi connectivity index (χ2v) is 4.41. The molecule has 0 aliphatic heterocycles. The van der Waals surface area contributed by atoms with E-state index >= 15 is 0 Å². The zero-order valence-electron chi connectivity index (χ0n) is 12.6. The maximum absolute atomic E-state index is 12.2. The van der Waals surface area contributed by atoms with Crippen molar-refractivity contribution < 1.29 is 19.1 Å². The number of aryl methyl sites for hydroxylation is 1. The fourth-order valence-electron chi connectivity index (χ4n) is 1.91. The molecule has 0 fully saturated rings. The van der Waals surface area contributed by atoms with Gasteiger partial charge in [-0.05, 0) is 19.1 Å². The molecule has 1 amide bonds. The summed E-state index contributed by atoms with van der Waals surface area (Å²) in [5.74, 6) is -0.415. The minimum atomic E-state index is -0.520. The third-order valence-electron chi connectivity index (χ3n) is 2.95. The van der Waals surface area contributed by atoms with Crippen LogP contribution in [-0.2, 0) is 11.8 Å². The van der Waals surface area contributed by atoms with E-state index in [-0.39, 0.29) is 18.0 Å². The number of methoxy groups -OCH3 is 1. The van der Waals surface area contributed by atoms with Crippen molar-refractivity contribution in [3.63, 3.8) is 0 Å². The summed E-state index contributed by atoms with van der Waals surface area (Å²) in [4.78, 5) is 24.0. The number of hydrogen-bond donors (Lipinski definition) is 1. The Kier molecular flexibility index (Phi) is 4.77. The first-order valence-electron chi connectivity index (χ1n) is 6.72. The monoisotopic (exact) mass is 303 g/mol. The smallest absolute Gasteiger partial charge is 0.356 e. The highest BCUT2D eigenvalue weighted by molar-refractivity contribution is 6.04. The quantitative estimate of drug-likeness (QED) is 0.852. The van der Waals surface area contributed by atoms with Gasteiger partial charge >= 0.3 is 5.97 Å². The van der Waals surface area contributed by atoms with Gasteiger partial charge in [-0.1, -0.05) is 12.1 Å². The third kappa shape index (κ3) is 3.25. The fourth-order valence-corrected chi connectivity index (χ4v) is 1.91. The predicted molar refractivity (Wildman–Crippen MR) is 80.1 cm³/mol. The average molecular weight is 303 g/mol. The van der Waals surface area contributed by atoms with Gasteiger partial charge in [0.25, 0.3) is 5.91 Å². The highest BCUT2D eigenvalue weighted by Gasteiger charge is 2.19. The lowest BCUT2D eigenvalue weighted by Gasteiger charge is -2.08. The van der Waals surface area contributed by atoms with Gasteiger partial charge in [0.2, 0.25) is 0 Å². The first kappa shape index (κ1) is 15.6. The molecule has 0 saturated heterocycles. The molecular formula is C15H17N3O4. The fraction of sp³-hybridized carbons (Fsp3) is 0.267. The first-order chi connectivity index (χ1) is 10.6. The molecule has 0 saturated carbocycles. The number of rotatable bonds is 5. The van der Waals surface area contributed by atoms with Crippen LogP contribution in [-0.4, -0.2) is 35.4 Å². The number of anilines is 1. The van der Waals surface area contributed by atoms with Crippen LogP contribution in [0.3, 0.4) is 0 Å². The van der Waals surface area contributed by atoms with Crippen LogP contribution >= 0.6 is 0 Å². The molecule has 0 spiro atoms. The molecule has 1 aromatic carbocycles. The van der Waals surface area contributed by atoms with E-state index in [1.54, 1.807) is 38.2 Å². The van der Waals surface area contributed by atoms with Crippen molar-refractivity contribution in [3.8, 4) is 5.75 Å². The summed E-state index contributed by atoms with van der Waals surface area (Å²) >= 11 is 0. The number of aromatic nitrogens is 2. The van der Waals surface area contributed by atoms with Crippen LogP contribution in [0.5, 0.6) is 5.75 Å². The lowest BCUT2D eigenvalue weighted by molar-refractivity contribution is 0.0513. The van der Waals surface area contributed by atoms with Gasteiger partial charge < -0.3 is 14.8 Å². The van der Waals surface area contributed by atoms with Crippen molar-refractivity contribution in [1.29, 1.82) is 0 Å². The first-order valence-corrected chi connectivity index (χ1v) is 6.72. The minimum Gasteiger partial charge on any atom is -0.495 e. The third-order valence-corrected chi connectivity index (χ3v) is 2.95. The van der Waals surface area contributed by atoms with Gasteiger partial charge in [-0.25, -0.2) is 4.79 Å².